The predicted octanol–water partition coefficient (Wildman–Crippen LogP) is 2.42. The molecule has 0 fully saturated rings. The summed E-state index contributed by atoms with van der Waals surface area (Å²) in [5.74, 6) is -0.628. The monoisotopic (exact) mass is 366 g/mol. The zero-order chi connectivity index (χ0) is 19.9. The minimum absolute atomic E-state index is 0.0102. The first-order valence-corrected chi connectivity index (χ1v) is 8.82. The van der Waals surface area contributed by atoms with Crippen molar-refractivity contribution >= 4 is 17.8 Å². The van der Waals surface area contributed by atoms with E-state index in [2.05, 4.69) is 11.9 Å². The van der Waals surface area contributed by atoms with Crippen molar-refractivity contribution in [1.82, 2.24) is 10.2 Å². The number of carbonyl (C=O) groups is 3. The number of hydrogen-bond donors (Lipinski definition) is 1. The molecular weight excluding hydrogens is 336 g/mol. The normalized spacial score (nSPS) is 17.0. The Labute approximate surface area is 155 Å². The largest absolute Gasteiger partial charge is 0.458 e. The molecule has 0 spiro atoms. The van der Waals surface area contributed by atoms with Gasteiger partial charge in [0.1, 0.15) is 18.2 Å². The Morgan fingerprint density at radius 2 is 2.04 bits per heavy atom. The molecule has 0 aromatic carbocycles. The van der Waals surface area contributed by atoms with Crippen LogP contribution in [-0.2, 0) is 19.1 Å². The molecule has 7 nitrogen and oxygen atoms in total. The second-order valence-electron chi connectivity index (χ2n) is 7.40. The Balaban J connectivity index is 2.88. The molecule has 1 aliphatic heterocycles. The summed E-state index contributed by atoms with van der Waals surface area (Å²) in [5.41, 5.74) is -0.116. The van der Waals surface area contributed by atoms with E-state index >= 15 is 0 Å². The molecule has 0 aliphatic carbocycles. The molecule has 1 amide bonds. The first-order chi connectivity index (χ1) is 12.1. The third kappa shape index (κ3) is 6.90. The fourth-order valence-electron chi connectivity index (χ4n) is 2.41. The Morgan fingerprint density at radius 3 is 2.58 bits per heavy atom. The van der Waals surface area contributed by atoms with Gasteiger partial charge in [-0.1, -0.05) is 32.9 Å². The van der Waals surface area contributed by atoms with E-state index in [1.165, 1.54) is 17.1 Å². The summed E-state index contributed by atoms with van der Waals surface area (Å²) < 4.78 is 10.5. The highest BCUT2D eigenvalue weighted by molar-refractivity contribution is 5.95. The lowest BCUT2D eigenvalue weighted by Crippen LogP contribution is -2.49. The lowest BCUT2D eigenvalue weighted by atomic mass is 9.98. The third-order valence-electron chi connectivity index (χ3n) is 3.84. The highest BCUT2D eigenvalue weighted by Gasteiger charge is 2.32. The van der Waals surface area contributed by atoms with Gasteiger partial charge in [-0.25, -0.2) is 9.59 Å². The van der Waals surface area contributed by atoms with Gasteiger partial charge in [-0.15, -0.1) is 0 Å². The molecule has 1 aliphatic rings. The molecule has 0 aromatic rings. The quantitative estimate of drug-likeness (QED) is 0.550. The van der Waals surface area contributed by atoms with Gasteiger partial charge in [0.2, 0.25) is 0 Å². The maximum Gasteiger partial charge on any atom is 0.410 e. The van der Waals surface area contributed by atoms with Gasteiger partial charge in [0, 0.05) is 11.8 Å². The first kappa shape index (κ1) is 21.7. The zero-order valence-electron chi connectivity index (χ0n) is 16.3. The molecule has 0 saturated heterocycles. The Bertz CT molecular complexity index is 577. The molecule has 1 rings (SSSR count). The molecular formula is C19H30N2O5. The molecule has 0 radical (unpaired) electrons. The van der Waals surface area contributed by atoms with E-state index in [0.29, 0.717) is 5.70 Å². The van der Waals surface area contributed by atoms with Crippen LogP contribution < -0.4 is 5.32 Å². The standard InChI is InChI=1S/C19H30N2O5/c1-7-9-25-18(24)21-11-14(10-15(22)12-21)20-16(13(3)8-2)17(23)26-19(4,5)6/h7,10,13,16,20H,1,8-9,11-12H2,2-6H3/t13-,16-/m0/s1. The molecule has 26 heavy (non-hydrogen) atoms. The fourth-order valence-corrected chi connectivity index (χ4v) is 2.41. The van der Waals surface area contributed by atoms with Crippen molar-refractivity contribution in [3.8, 4) is 0 Å². The van der Waals surface area contributed by atoms with E-state index in [1.807, 2.05) is 13.8 Å². The summed E-state index contributed by atoms with van der Waals surface area (Å²) >= 11 is 0. The van der Waals surface area contributed by atoms with Crippen LogP contribution in [0.15, 0.2) is 24.4 Å². The third-order valence-corrected chi connectivity index (χ3v) is 3.84. The number of nitrogens with one attached hydrogen (secondary N) is 1. The summed E-state index contributed by atoms with van der Waals surface area (Å²) in [6, 6.07) is -0.609. The van der Waals surface area contributed by atoms with Crippen molar-refractivity contribution in [1.29, 1.82) is 0 Å². The lowest BCUT2D eigenvalue weighted by molar-refractivity contribution is -0.158. The average molecular weight is 366 g/mol. The molecule has 7 heteroatoms. The highest BCUT2D eigenvalue weighted by atomic mass is 16.6. The summed E-state index contributed by atoms with van der Waals surface area (Å²) in [7, 11) is 0. The summed E-state index contributed by atoms with van der Waals surface area (Å²) in [4.78, 5) is 37.8. The SMILES string of the molecule is C=CCOC(=O)N1CC(=O)C=C(N[C@H](C(=O)OC(C)(C)C)[C@@H](C)CC)C1. The Hall–Kier alpha value is -2.31. The smallest absolute Gasteiger partial charge is 0.410 e. The predicted molar refractivity (Wildman–Crippen MR) is 98.4 cm³/mol. The van der Waals surface area contributed by atoms with E-state index < -0.39 is 17.7 Å². The average Bonchev–Trinajstić information content (AvgIpc) is 2.54. The van der Waals surface area contributed by atoms with Crippen LogP contribution >= 0.6 is 0 Å². The van der Waals surface area contributed by atoms with Gasteiger partial charge in [-0.05, 0) is 26.7 Å². The molecule has 2 atom stereocenters. The fraction of sp³-hybridized carbons (Fsp3) is 0.632. The number of amides is 1. The minimum Gasteiger partial charge on any atom is -0.458 e. The Morgan fingerprint density at radius 1 is 1.38 bits per heavy atom. The molecule has 0 saturated carbocycles. The van der Waals surface area contributed by atoms with Crippen LogP contribution in [0.3, 0.4) is 0 Å². The molecule has 0 unspecified atom stereocenters. The topological polar surface area (TPSA) is 84.9 Å². The van der Waals surface area contributed by atoms with Crippen molar-refractivity contribution in [2.24, 2.45) is 5.92 Å². The summed E-state index contributed by atoms with van der Waals surface area (Å²) in [6.07, 6.45) is 3.04. The number of hydrogen-bond acceptors (Lipinski definition) is 6. The molecule has 1 heterocycles. The van der Waals surface area contributed by atoms with Crippen molar-refractivity contribution in [3.63, 3.8) is 0 Å². The van der Waals surface area contributed by atoms with Crippen LogP contribution in [0.25, 0.3) is 0 Å². The van der Waals surface area contributed by atoms with Crippen molar-refractivity contribution < 1.29 is 23.9 Å². The lowest BCUT2D eigenvalue weighted by Gasteiger charge is -2.32. The zero-order valence-corrected chi connectivity index (χ0v) is 16.3. The van der Waals surface area contributed by atoms with Gasteiger partial charge in [-0.2, -0.15) is 0 Å². The van der Waals surface area contributed by atoms with E-state index in [0.717, 1.165) is 6.42 Å². The van der Waals surface area contributed by atoms with Crippen LogP contribution in [-0.4, -0.2) is 54.1 Å². The minimum atomic E-state index is -0.609. The summed E-state index contributed by atoms with van der Waals surface area (Å²) in [6.45, 7) is 13.0. The van der Waals surface area contributed by atoms with E-state index in [9.17, 15) is 14.4 Å². The van der Waals surface area contributed by atoms with Crippen LogP contribution in [0, 0.1) is 5.92 Å². The van der Waals surface area contributed by atoms with E-state index in [-0.39, 0.29) is 37.4 Å². The molecule has 0 aromatic heterocycles. The van der Waals surface area contributed by atoms with Crippen LogP contribution in [0.1, 0.15) is 41.0 Å². The second kappa shape index (κ2) is 9.40. The van der Waals surface area contributed by atoms with Crippen molar-refractivity contribution in [3.05, 3.63) is 24.4 Å². The van der Waals surface area contributed by atoms with E-state index in [1.54, 1.807) is 20.8 Å². The van der Waals surface area contributed by atoms with Gasteiger partial charge in [0.05, 0.1) is 13.1 Å². The van der Waals surface area contributed by atoms with Gasteiger partial charge < -0.3 is 14.8 Å². The van der Waals surface area contributed by atoms with Gasteiger partial charge in [0.25, 0.3) is 0 Å². The van der Waals surface area contributed by atoms with Crippen LogP contribution in [0.5, 0.6) is 0 Å². The first-order valence-electron chi connectivity index (χ1n) is 8.82. The molecule has 146 valence electrons. The van der Waals surface area contributed by atoms with Crippen LogP contribution in [0.4, 0.5) is 4.79 Å². The summed E-state index contributed by atoms with van der Waals surface area (Å²) in [5, 5.41) is 3.10. The number of rotatable bonds is 7. The number of ketones is 1. The number of ether oxygens (including phenoxy) is 2. The van der Waals surface area contributed by atoms with E-state index in [4.69, 9.17) is 9.47 Å². The molecule has 1 N–H and O–H groups in total. The Kier molecular flexibility index (Phi) is 7.86. The number of esters is 1. The van der Waals surface area contributed by atoms with Gasteiger partial charge in [0.15, 0.2) is 5.78 Å². The number of nitrogens with zero attached hydrogens (tertiary/aromatic N) is 1. The number of carbonyl (C=O) groups excluding carboxylic acids is 3. The van der Waals surface area contributed by atoms with Crippen molar-refractivity contribution in [2.75, 3.05) is 19.7 Å². The van der Waals surface area contributed by atoms with Gasteiger partial charge in [-0.3, -0.25) is 9.69 Å². The van der Waals surface area contributed by atoms with Crippen molar-refractivity contribution in [2.45, 2.75) is 52.7 Å². The maximum absolute atomic E-state index is 12.6. The second-order valence-corrected chi connectivity index (χ2v) is 7.40. The van der Waals surface area contributed by atoms with Crippen LogP contribution in [0.2, 0.25) is 0 Å². The van der Waals surface area contributed by atoms with Gasteiger partial charge >= 0.3 is 12.1 Å². The molecule has 0 bridgehead atoms. The highest BCUT2D eigenvalue weighted by Crippen LogP contribution is 2.17. The maximum atomic E-state index is 12.6.